The summed E-state index contributed by atoms with van der Waals surface area (Å²) >= 11 is 11.9. The van der Waals surface area contributed by atoms with Gasteiger partial charge in [0.15, 0.2) is 0 Å². The molecule has 1 aliphatic heterocycles. The van der Waals surface area contributed by atoms with Crippen molar-refractivity contribution in [3.05, 3.63) is 33.8 Å². The minimum absolute atomic E-state index is 0.0638. The molecule has 1 N–H and O–H groups in total. The van der Waals surface area contributed by atoms with E-state index in [2.05, 4.69) is 10.2 Å². The summed E-state index contributed by atoms with van der Waals surface area (Å²) in [6.45, 7) is 2.16. The Balaban J connectivity index is 2.02. The van der Waals surface area contributed by atoms with Crippen LogP contribution in [-0.4, -0.2) is 30.4 Å². The van der Waals surface area contributed by atoms with E-state index in [0.717, 1.165) is 24.9 Å². The van der Waals surface area contributed by atoms with Crippen LogP contribution in [0.3, 0.4) is 0 Å². The maximum absolute atomic E-state index is 10.6. The zero-order valence-electron chi connectivity index (χ0n) is 8.62. The van der Waals surface area contributed by atoms with E-state index in [1.165, 1.54) is 0 Å². The highest BCUT2D eigenvalue weighted by Crippen LogP contribution is 2.22. The molecule has 0 amide bonds. The van der Waals surface area contributed by atoms with E-state index in [1.54, 1.807) is 6.07 Å². The molecule has 1 heterocycles. The number of benzene rings is 1. The van der Waals surface area contributed by atoms with Crippen molar-refractivity contribution in [1.82, 2.24) is 10.2 Å². The third-order valence-corrected chi connectivity index (χ3v) is 3.19. The second-order valence-corrected chi connectivity index (χ2v) is 4.70. The van der Waals surface area contributed by atoms with Gasteiger partial charge in [0.25, 0.3) is 0 Å². The first-order valence-electron chi connectivity index (χ1n) is 5.04. The Bertz CT molecular complexity index is 398. The lowest BCUT2D eigenvalue weighted by Crippen LogP contribution is -2.24. The van der Waals surface area contributed by atoms with Gasteiger partial charge < -0.3 is 4.79 Å². The fourth-order valence-electron chi connectivity index (χ4n) is 1.76. The zero-order chi connectivity index (χ0) is 11.5. The van der Waals surface area contributed by atoms with Crippen molar-refractivity contribution in [3.8, 4) is 0 Å². The van der Waals surface area contributed by atoms with Crippen molar-refractivity contribution in [3.63, 3.8) is 0 Å². The van der Waals surface area contributed by atoms with Gasteiger partial charge in [0.05, 0.1) is 6.04 Å². The molecule has 1 aliphatic rings. The number of nitrogens with one attached hydrogen (secondary N) is 1. The van der Waals surface area contributed by atoms with Crippen molar-refractivity contribution in [2.24, 2.45) is 0 Å². The maximum Gasteiger partial charge on any atom is 0.138 e. The van der Waals surface area contributed by atoms with Crippen LogP contribution in [0.15, 0.2) is 18.2 Å². The van der Waals surface area contributed by atoms with Crippen LogP contribution in [0.5, 0.6) is 0 Å². The SMILES string of the molecule is O=CC1CN(Cc2ccc(Cl)cc2Cl)CN1. The molecule has 3 nitrogen and oxygen atoms in total. The quantitative estimate of drug-likeness (QED) is 0.842. The normalized spacial score (nSPS) is 21.2. The molecular formula is C11H12Cl2N2O. The van der Waals surface area contributed by atoms with Crippen molar-refractivity contribution >= 4 is 29.5 Å². The van der Waals surface area contributed by atoms with Crippen LogP contribution in [0.25, 0.3) is 0 Å². The van der Waals surface area contributed by atoms with Gasteiger partial charge in [-0.1, -0.05) is 29.3 Å². The van der Waals surface area contributed by atoms with Gasteiger partial charge in [0.2, 0.25) is 0 Å². The Kier molecular flexibility index (Phi) is 3.82. The average Bonchev–Trinajstić information content (AvgIpc) is 2.70. The molecular weight excluding hydrogens is 247 g/mol. The minimum atomic E-state index is -0.0638. The van der Waals surface area contributed by atoms with E-state index in [-0.39, 0.29) is 6.04 Å². The van der Waals surface area contributed by atoms with E-state index in [9.17, 15) is 4.79 Å². The van der Waals surface area contributed by atoms with E-state index >= 15 is 0 Å². The summed E-state index contributed by atoms with van der Waals surface area (Å²) in [6, 6.07) is 5.41. The standard InChI is InChI=1S/C11H12Cl2N2O/c12-9-2-1-8(11(13)3-9)4-15-5-10(6-16)14-7-15/h1-3,6,10,14H,4-5,7H2. The van der Waals surface area contributed by atoms with Crippen molar-refractivity contribution in [2.75, 3.05) is 13.2 Å². The molecule has 16 heavy (non-hydrogen) atoms. The van der Waals surface area contributed by atoms with Gasteiger partial charge in [-0.3, -0.25) is 10.2 Å². The highest BCUT2D eigenvalue weighted by Gasteiger charge is 2.21. The van der Waals surface area contributed by atoms with Crippen LogP contribution in [0, 0.1) is 0 Å². The molecule has 0 saturated carbocycles. The lowest BCUT2D eigenvalue weighted by Gasteiger charge is -2.14. The lowest BCUT2D eigenvalue weighted by molar-refractivity contribution is -0.109. The second kappa shape index (κ2) is 5.15. The zero-order valence-corrected chi connectivity index (χ0v) is 10.1. The fourth-order valence-corrected chi connectivity index (χ4v) is 2.22. The Morgan fingerprint density at radius 1 is 1.50 bits per heavy atom. The number of carbonyl (C=O) groups excluding carboxylic acids is 1. The van der Waals surface area contributed by atoms with Gasteiger partial charge in [-0.15, -0.1) is 0 Å². The van der Waals surface area contributed by atoms with Crippen LogP contribution in [0.2, 0.25) is 10.0 Å². The van der Waals surface area contributed by atoms with Gasteiger partial charge in [0.1, 0.15) is 6.29 Å². The molecule has 0 bridgehead atoms. The van der Waals surface area contributed by atoms with Gasteiger partial charge in [-0.05, 0) is 17.7 Å². The Hall–Kier alpha value is -0.610. The molecule has 0 radical (unpaired) electrons. The molecule has 1 unspecified atom stereocenters. The van der Waals surface area contributed by atoms with Gasteiger partial charge in [0, 0.05) is 29.8 Å². The Morgan fingerprint density at radius 3 is 2.94 bits per heavy atom. The highest BCUT2D eigenvalue weighted by atomic mass is 35.5. The Labute approximate surface area is 104 Å². The van der Waals surface area contributed by atoms with E-state index in [4.69, 9.17) is 23.2 Å². The van der Waals surface area contributed by atoms with Crippen molar-refractivity contribution in [1.29, 1.82) is 0 Å². The number of rotatable bonds is 3. The molecule has 1 aromatic carbocycles. The number of aldehydes is 1. The summed E-state index contributed by atoms with van der Waals surface area (Å²) in [5.41, 5.74) is 1.03. The summed E-state index contributed by atoms with van der Waals surface area (Å²) in [7, 11) is 0. The number of nitrogens with zero attached hydrogens (tertiary/aromatic N) is 1. The summed E-state index contributed by atoms with van der Waals surface area (Å²) in [4.78, 5) is 12.7. The van der Waals surface area contributed by atoms with Crippen LogP contribution in [0.4, 0.5) is 0 Å². The number of hydrogen-bond acceptors (Lipinski definition) is 3. The minimum Gasteiger partial charge on any atom is -0.302 e. The van der Waals surface area contributed by atoms with E-state index < -0.39 is 0 Å². The molecule has 1 saturated heterocycles. The summed E-state index contributed by atoms with van der Waals surface area (Å²) < 4.78 is 0. The lowest BCUT2D eigenvalue weighted by atomic mass is 10.2. The first-order valence-corrected chi connectivity index (χ1v) is 5.79. The molecule has 5 heteroatoms. The van der Waals surface area contributed by atoms with Crippen LogP contribution in [-0.2, 0) is 11.3 Å². The van der Waals surface area contributed by atoms with Gasteiger partial charge in [-0.25, -0.2) is 0 Å². The summed E-state index contributed by atoms with van der Waals surface area (Å²) in [5.74, 6) is 0. The van der Waals surface area contributed by atoms with E-state index in [1.807, 2.05) is 12.1 Å². The molecule has 0 spiro atoms. The molecule has 2 rings (SSSR count). The van der Waals surface area contributed by atoms with Crippen LogP contribution >= 0.6 is 23.2 Å². The molecule has 86 valence electrons. The first kappa shape index (κ1) is 11.9. The maximum atomic E-state index is 10.6. The van der Waals surface area contributed by atoms with Crippen LogP contribution in [0.1, 0.15) is 5.56 Å². The topological polar surface area (TPSA) is 32.3 Å². The largest absolute Gasteiger partial charge is 0.302 e. The predicted octanol–water partition coefficient (Wildman–Crippen LogP) is 1.92. The van der Waals surface area contributed by atoms with E-state index in [0.29, 0.717) is 16.7 Å². The second-order valence-electron chi connectivity index (χ2n) is 3.85. The van der Waals surface area contributed by atoms with Crippen LogP contribution < -0.4 is 5.32 Å². The van der Waals surface area contributed by atoms with Crippen molar-refractivity contribution < 1.29 is 4.79 Å². The number of carbonyl (C=O) groups is 1. The monoisotopic (exact) mass is 258 g/mol. The summed E-state index contributed by atoms with van der Waals surface area (Å²) in [5, 5.41) is 4.40. The molecule has 0 aromatic heterocycles. The first-order chi connectivity index (χ1) is 7.69. The van der Waals surface area contributed by atoms with Gasteiger partial charge >= 0.3 is 0 Å². The molecule has 1 aromatic rings. The molecule has 1 fully saturated rings. The molecule has 1 atom stereocenters. The third kappa shape index (κ3) is 2.74. The van der Waals surface area contributed by atoms with Gasteiger partial charge in [-0.2, -0.15) is 0 Å². The number of halogens is 2. The smallest absolute Gasteiger partial charge is 0.138 e. The average molecular weight is 259 g/mol. The Morgan fingerprint density at radius 2 is 2.31 bits per heavy atom. The third-order valence-electron chi connectivity index (χ3n) is 2.61. The molecule has 0 aliphatic carbocycles. The van der Waals surface area contributed by atoms with Crippen molar-refractivity contribution in [2.45, 2.75) is 12.6 Å². The highest BCUT2D eigenvalue weighted by molar-refractivity contribution is 6.35. The summed E-state index contributed by atoms with van der Waals surface area (Å²) in [6.07, 6.45) is 0.934. The number of hydrogen-bond donors (Lipinski definition) is 1. The fraction of sp³-hybridized carbons (Fsp3) is 0.364. The predicted molar refractivity (Wildman–Crippen MR) is 64.7 cm³/mol.